The molecule has 2 aromatic heterocycles. The van der Waals surface area contributed by atoms with Crippen LogP contribution in [-0.2, 0) is 4.74 Å². The van der Waals surface area contributed by atoms with Gasteiger partial charge in [0.2, 0.25) is 0 Å². The quantitative estimate of drug-likeness (QED) is 0.622. The summed E-state index contributed by atoms with van der Waals surface area (Å²) in [4.78, 5) is 10.3. The third-order valence-electron chi connectivity index (χ3n) is 7.66. The molecule has 3 aromatic rings. The lowest BCUT2D eigenvalue weighted by molar-refractivity contribution is -0.0992. The van der Waals surface area contributed by atoms with E-state index in [4.69, 9.17) is 4.74 Å². The fraction of sp³-hybridized carbons (Fsp3) is 0.500. The van der Waals surface area contributed by atoms with E-state index >= 15 is 0 Å². The van der Waals surface area contributed by atoms with Crippen LogP contribution in [0.5, 0.6) is 5.75 Å². The predicted molar refractivity (Wildman–Crippen MR) is 120 cm³/mol. The molecule has 33 heavy (non-hydrogen) atoms. The van der Waals surface area contributed by atoms with Gasteiger partial charge in [-0.1, -0.05) is 13.8 Å². The van der Waals surface area contributed by atoms with Crippen LogP contribution in [0, 0.1) is 10.8 Å². The van der Waals surface area contributed by atoms with Gasteiger partial charge in [0.1, 0.15) is 5.75 Å². The minimum Gasteiger partial charge on any atom is -0.507 e. The van der Waals surface area contributed by atoms with E-state index in [-0.39, 0.29) is 36.6 Å². The Bertz CT molecular complexity index is 1200. The molecule has 2 aliphatic carbocycles. The van der Waals surface area contributed by atoms with Crippen LogP contribution < -0.4 is 4.90 Å². The number of fused-ring (bicyclic) bond motifs is 3. The highest BCUT2D eigenvalue weighted by atomic mass is 19.3. The first-order chi connectivity index (χ1) is 15.6. The van der Waals surface area contributed by atoms with Gasteiger partial charge in [0.25, 0.3) is 5.92 Å². The number of ether oxygens (including phenoxy) is 1. The fourth-order valence-corrected chi connectivity index (χ4v) is 6.07. The highest BCUT2D eigenvalue weighted by molar-refractivity contribution is 5.88. The summed E-state index contributed by atoms with van der Waals surface area (Å²) in [6.07, 6.45) is 5.06. The minimum absolute atomic E-state index is 0.0322. The Morgan fingerprint density at radius 1 is 1.12 bits per heavy atom. The number of phenolic OH excluding ortho intramolecular Hbond substituents is 1. The Kier molecular flexibility index (Phi) is 4.83. The van der Waals surface area contributed by atoms with Crippen molar-refractivity contribution in [2.75, 3.05) is 19.1 Å². The molecule has 5 rings (SSSR count). The number of methoxy groups -OCH3 is 1. The van der Waals surface area contributed by atoms with Crippen molar-refractivity contribution in [1.82, 2.24) is 20.2 Å². The number of likely N-dealkylation sites (N-methyl/N-ethyl adjacent to an activating group) is 1. The van der Waals surface area contributed by atoms with Crippen molar-refractivity contribution < 1.29 is 18.6 Å². The molecule has 2 heterocycles. The number of pyridine rings is 1. The number of aromatic nitrogens is 4. The monoisotopic (exact) mass is 455 g/mol. The molecule has 2 saturated carbocycles. The maximum atomic E-state index is 14.9. The molecule has 0 amide bonds. The third kappa shape index (κ3) is 3.32. The largest absolute Gasteiger partial charge is 0.507 e. The van der Waals surface area contributed by atoms with E-state index in [1.807, 2.05) is 24.9 Å². The predicted octanol–water partition coefficient (Wildman–Crippen LogP) is 4.46. The molecule has 0 saturated heterocycles. The second-order valence-corrected chi connectivity index (χ2v) is 10.0. The number of halogens is 2. The number of aromatic hydroxyl groups is 1. The van der Waals surface area contributed by atoms with Gasteiger partial charge in [-0.2, -0.15) is 0 Å². The van der Waals surface area contributed by atoms with E-state index in [1.54, 1.807) is 44.8 Å². The van der Waals surface area contributed by atoms with Crippen molar-refractivity contribution in [1.29, 1.82) is 0 Å². The average molecular weight is 456 g/mol. The van der Waals surface area contributed by atoms with Crippen molar-refractivity contribution in [2.24, 2.45) is 10.8 Å². The zero-order valence-corrected chi connectivity index (χ0v) is 19.1. The first-order valence-electron chi connectivity index (χ1n) is 11.0. The molecule has 1 N–H and O–H groups in total. The normalized spacial score (nSPS) is 30.5. The van der Waals surface area contributed by atoms with Gasteiger partial charge in [-0.3, -0.25) is 4.98 Å². The molecule has 0 aliphatic heterocycles. The molecule has 0 spiro atoms. The van der Waals surface area contributed by atoms with Gasteiger partial charge >= 0.3 is 0 Å². The number of rotatable bonds is 4. The van der Waals surface area contributed by atoms with Crippen LogP contribution in [0.2, 0.25) is 0 Å². The molecule has 7 nitrogen and oxygen atoms in total. The number of hydrogen-bond donors (Lipinski definition) is 1. The molecular formula is C24H27F2N5O2. The Labute approximate surface area is 190 Å². The summed E-state index contributed by atoms with van der Waals surface area (Å²) < 4.78 is 35.6. The van der Waals surface area contributed by atoms with E-state index in [0.29, 0.717) is 17.8 Å². The second kappa shape index (κ2) is 7.28. The van der Waals surface area contributed by atoms with Crippen LogP contribution in [0.25, 0.3) is 22.2 Å². The number of hydrogen-bond acceptors (Lipinski definition) is 7. The maximum Gasteiger partial charge on any atom is 0.254 e. The summed E-state index contributed by atoms with van der Waals surface area (Å²) in [5.41, 5.74) is -1.26. The van der Waals surface area contributed by atoms with Crippen LogP contribution in [0.15, 0.2) is 36.8 Å². The molecule has 174 valence electrons. The first-order valence-corrected chi connectivity index (χ1v) is 11.0. The first kappa shape index (κ1) is 21.9. The van der Waals surface area contributed by atoms with Gasteiger partial charge in [0.05, 0.1) is 23.9 Å². The minimum atomic E-state index is -2.75. The summed E-state index contributed by atoms with van der Waals surface area (Å²) in [6.45, 7) is 3.57. The Balaban J connectivity index is 1.46. The van der Waals surface area contributed by atoms with Crippen molar-refractivity contribution in [3.05, 3.63) is 36.8 Å². The number of anilines is 1. The SMILES string of the molecule is CO[C@@H]1[C@@H](N(C)c2cnc(-c3cc4ccncc4cc3O)nn2)C[C@@]2(C)C[C@]1(C)CC2(F)F. The van der Waals surface area contributed by atoms with Crippen LogP contribution in [-0.4, -0.2) is 57.5 Å². The molecule has 0 unspecified atom stereocenters. The maximum absolute atomic E-state index is 14.9. The fourth-order valence-electron chi connectivity index (χ4n) is 6.07. The smallest absolute Gasteiger partial charge is 0.254 e. The molecular weight excluding hydrogens is 428 g/mol. The molecule has 2 bridgehead atoms. The Morgan fingerprint density at radius 2 is 1.91 bits per heavy atom. The lowest BCUT2D eigenvalue weighted by atomic mass is 9.66. The highest BCUT2D eigenvalue weighted by Crippen LogP contribution is 2.66. The summed E-state index contributed by atoms with van der Waals surface area (Å²) in [5.74, 6) is -1.97. The van der Waals surface area contributed by atoms with Gasteiger partial charge in [-0.25, -0.2) is 13.8 Å². The number of benzene rings is 1. The molecule has 1 aromatic carbocycles. The Hall–Kier alpha value is -2.94. The number of nitrogens with zero attached hydrogens (tertiary/aromatic N) is 5. The van der Waals surface area contributed by atoms with Crippen molar-refractivity contribution in [3.63, 3.8) is 0 Å². The van der Waals surface area contributed by atoms with Gasteiger partial charge in [-0.05, 0) is 36.4 Å². The summed E-state index contributed by atoms with van der Waals surface area (Å²) in [5, 5.41) is 20.7. The van der Waals surface area contributed by atoms with Crippen molar-refractivity contribution >= 4 is 16.6 Å². The summed E-state index contributed by atoms with van der Waals surface area (Å²) >= 11 is 0. The van der Waals surface area contributed by atoms with Gasteiger partial charge < -0.3 is 14.7 Å². The zero-order chi connectivity index (χ0) is 23.6. The van der Waals surface area contributed by atoms with E-state index in [0.717, 1.165) is 10.8 Å². The van der Waals surface area contributed by atoms with Gasteiger partial charge in [-0.15, -0.1) is 10.2 Å². The molecule has 0 radical (unpaired) electrons. The second-order valence-electron chi connectivity index (χ2n) is 10.0. The summed E-state index contributed by atoms with van der Waals surface area (Å²) in [6, 6.07) is 4.95. The Morgan fingerprint density at radius 3 is 2.61 bits per heavy atom. The molecule has 2 aliphatic rings. The number of phenols is 1. The van der Waals surface area contributed by atoms with Crippen LogP contribution in [0.1, 0.15) is 33.1 Å². The molecule has 4 atom stereocenters. The average Bonchev–Trinajstić information content (AvgIpc) is 2.92. The van der Waals surface area contributed by atoms with Crippen LogP contribution in [0.3, 0.4) is 0 Å². The lowest BCUT2D eigenvalue weighted by Crippen LogP contribution is -2.55. The van der Waals surface area contributed by atoms with E-state index in [2.05, 4.69) is 20.2 Å². The van der Waals surface area contributed by atoms with E-state index < -0.39 is 16.8 Å². The molecule has 2 fully saturated rings. The highest BCUT2D eigenvalue weighted by Gasteiger charge is 2.69. The third-order valence-corrected chi connectivity index (χ3v) is 7.66. The van der Waals surface area contributed by atoms with Crippen molar-refractivity contribution in [2.45, 2.75) is 51.2 Å². The van der Waals surface area contributed by atoms with Crippen LogP contribution in [0.4, 0.5) is 14.6 Å². The van der Waals surface area contributed by atoms with Gasteiger partial charge in [0, 0.05) is 49.2 Å². The zero-order valence-electron chi connectivity index (χ0n) is 19.1. The van der Waals surface area contributed by atoms with E-state index in [1.165, 1.54) is 0 Å². The van der Waals surface area contributed by atoms with Crippen LogP contribution >= 0.6 is 0 Å². The summed E-state index contributed by atoms with van der Waals surface area (Å²) in [7, 11) is 3.40. The molecule has 9 heteroatoms. The lowest BCUT2D eigenvalue weighted by Gasteiger charge is -2.49. The van der Waals surface area contributed by atoms with E-state index in [9.17, 15) is 13.9 Å². The topological polar surface area (TPSA) is 84.3 Å². The van der Waals surface area contributed by atoms with Gasteiger partial charge in [0.15, 0.2) is 11.6 Å². The standard InChI is InChI=1S/C24H27F2N5O2/c1-22-12-23(2,24(25,26)13-22)9-17(20(22)33-4)31(3)19-11-28-21(30-29-19)16-7-14-5-6-27-10-15(14)8-18(16)32/h5-8,10-11,17,20,32H,9,12-13H2,1-4H3/t17-,20+,22+,23-/m0/s1. The number of alkyl halides is 2. The van der Waals surface area contributed by atoms with Crippen molar-refractivity contribution in [3.8, 4) is 17.1 Å².